The lowest BCUT2D eigenvalue weighted by molar-refractivity contribution is -0.198. The number of hydrogen-bond acceptors (Lipinski definition) is 4. The van der Waals surface area contributed by atoms with E-state index in [0.717, 1.165) is 0 Å². The molecule has 0 aliphatic carbocycles. The van der Waals surface area contributed by atoms with E-state index in [0.29, 0.717) is 6.42 Å². The van der Waals surface area contributed by atoms with Crippen molar-refractivity contribution >= 4 is 0 Å². The molecule has 4 atom stereocenters. The predicted molar refractivity (Wildman–Crippen MR) is 35.2 cm³/mol. The van der Waals surface area contributed by atoms with Gasteiger partial charge in [-0.15, -0.1) is 0 Å². The van der Waals surface area contributed by atoms with Crippen molar-refractivity contribution in [2.45, 2.75) is 37.9 Å². The van der Waals surface area contributed by atoms with Crippen LogP contribution in [0.2, 0.25) is 0 Å². The number of rotatable bonds is 0. The van der Waals surface area contributed by atoms with Crippen LogP contribution in [0.1, 0.15) is 13.3 Å². The summed E-state index contributed by atoms with van der Waals surface area (Å²) in [6, 6.07) is -0.362. The van der Waals surface area contributed by atoms with Crippen molar-refractivity contribution in [3.8, 4) is 0 Å². The molecule has 1 saturated heterocycles. The quantitative estimate of drug-likeness (QED) is 0.402. The minimum atomic E-state index is -0.812. The van der Waals surface area contributed by atoms with E-state index in [9.17, 15) is 5.11 Å². The molecule has 1 rings (SSSR count). The van der Waals surface area contributed by atoms with E-state index in [2.05, 4.69) is 0 Å². The Hall–Kier alpha value is -0.160. The van der Waals surface area contributed by atoms with Crippen LogP contribution < -0.4 is 5.73 Å². The van der Waals surface area contributed by atoms with Gasteiger partial charge in [-0.1, -0.05) is 0 Å². The molecule has 0 saturated carbocycles. The maximum atomic E-state index is 9.20. The van der Waals surface area contributed by atoms with Crippen LogP contribution in [0.4, 0.5) is 0 Å². The van der Waals surface area contributed by atoms with Crippen molar-refractivity contribution in [3.05, 3.63) is 0 Å². The first-order valence-corrected chi connectivity index (χ1v) is 3.38. The molecular weight excluding hydrogens is 134 g/mol. The zero-order valence-corrected chi connectivity index (χ0v) is 5.90. The molecule has 1 fully saturated rings. The van der Waals surface area contributed by atoms with Crippen molar-refractivity contribution in [2.24, 2.45) is 5.73 Å². The first-order valence-electron chi connectivity index (χ1n) is 3.38. The highest BCUT2D eigenvalue weighted by Gasteiger charge is 2.31. The van der Waals surface area contributed by atoms with Gasteiger partial charge in [0.05, 0.1) is 12.2 Å². The molecule has 10 heavy (non-hydrogen) atoms. The van der Waals surface area contributed by atoms with Crippen LogP contribution in [0, 0.1) is 0 Å². The van der Waals surface area contributed by atoms with E-state index in [1.807, 2.05) is 0 Å². The Morgan fingerprint density at radius 2 is 2.10 bits per heavy atom. The fraction of sp³-hybridized carbons (Fsp3) is 1.00. The summed E-state index contributed by atoms with van der Waals surface area (Å²) in [5.41, 5.74) is 5.47. The molecule has 0 amide bonds. The molecule has 1 aliphatic heterocycles. The minimum absolute atomic E-state index is 0.311. The third-order valence-electron chi connectivity index (χ3n) is 1.77. The Bertz CT molecular complexity index is 108. The van der Waals surface area contributed by atoms with Crippen LogP contribution in [0.5, 0.6) is 0 Å². The summed E-state index contributed by atoms with van der Waals surface area (Å²) in [5, 5.41) is 18.2. The zero-order valence-electron chi connectivity index (χ0n) is 5.90. The second-order valence-corrected chi connectivity index (χ2v) is 2.69. The van der Waals surface area contributed by atoms with Gasteiger partial charge in [0, 0.05) is 12.5 Å². The fourth-order valence-electron chi connectivity index (χ4n) is 1.10. The maximum Gasteiger partial charge on any atom is 0.156 e. The van der Waals surface area contributed by atoms with Crippen molar-refractivity contribution in [1.29, 1.82) is 0 Å². The summed E-state index contributed by atoms with van der Waals surface area (Å²) in [5.74, 6) is 0. The summed E-state index contributed by atoms with van der Waals surface area (Å²) in [6.07, 6.45) is -1.51. The normalized spacial score (nSPS) is 49.2. The van der Waals surface area contributed by atoms with E-state index >= 15 is 0 Å². The molecule has 4 N–H and O–H groups in total. The second-order valence-electron chi connectivity index (χ2n) is 2.69. The van der Waals surface area contributed by atoms with Gasteiger partial charge in [0.2, 0.25) is 0 Å². The Morgan fingerprint density at radius 1 is 1.50 bits per heavy atom. The summed E-state index contributed by atoms with van der Waals surface area (Å²) in [6.45, 7) is 1.69. The van der Waals surface area contributed by atoms with Gasteiger partial charge in [0.15, 0.2) is 6.29 Å². The van der Waals surface area contributed by atoms with Gasteiger partial charge in [-0.05, 0) is 6.92 Å². The van der Waals surface area contributed by atoms with E-state index in [-0.39, 0.29) is 12.1 Å². The Kier molecular flexibility index (Phi) is 2.25. The highest BCUT2D eigenvalue weighted by atomic mass is 16.6. The van der Waals surface area contributed by atoms with E-state index in [1.165, 1.54) is 0 Å². The molecule has 0 aromatic heterocycles. The molecular formula is C6H13NO3. The first kappa shape index (κ1) is 7.94. The fourth-order valence-corrected chi connectivity index (χ4v) is 1.10. The number of aliphatic hydroxyl groups is 2. The number of aliphatic hydroxyl groups excluding tert-OH is 2. The van der Waals surface area contributed by atoms with Gasteiger partial charge in [0.1, 0.15) is 0 Å². The number of hydrogen-bond donors (Lipinski definition) is 3. The lowest BCUT2D eigenvalue weighted by Crippen LogP contribution is -2.51. The topological polar surface area (TPSA) is 75.7 Å². The molecule has 0 radical (unpaired) electrons. The van der Waals surface area contributed by atoms with Gasteiger partial charge < -0.3 is 20.7 Å². The van der Waals surface area contributed by atoms with Crippen LogP contribution in [-0.4, -0.2) is 34.8 Å². The highest BCUT2D eigenvalue weighted by molar-refractivity contribution is 4.82. The molecule has 1 aliphatic rings. The number of ether oxygens (including phenoxy) is 1. The Labute approximate surface area is 59.6 Å². The Morgan fingerprint density at radius 3 is 2.60 bits per heavy atom. The van der Waals surface area contributed by atoms with Crippen LogP contribution >= 0.6 is 0 Å². The van der Waals surface area contributed by atoms with Gasteiger partial charge in [-0.25, -0.2) is 0 Å². The molecule has 4 nitrogen and oxygen atoms in total. The van der Waals surface area contributed by atoms with Crippen molar-refractivity contribution in [1.82, 2.24) is 0 Å². The molecule has 0 spiro atoms. The average Bonchev–Trinajstić information content (AvgIpc) is 1.82. The standard InChI is InChI=1S/C6H13NO3/c1-3-6(9)4(7)2-5(8)10-3/h3-6,8-9H,2,7H2,1H3/t3-,4-,5+,6-/m1/s1. The number of nitrogens with two attached hydrogens (primary N) is 1. The molecule has 1 heterocycles. The summed E-state index contributed by atoms with van der Waals surface area (Å²) in [7, 11) is 0. The minimum Gasteiger partial charge on any atom is -0.389 e. The average molecular weight is 147 g/mol. The lowest BCUT2D eigenvalue weighted by Gasteiger charge is -2.33. The SMILES string of the molecule is C[C@H]1O[C@H](O)C[C@@H](N)[C@@H]1O. The van der Waals surface area contributed by atoms with Crippen LogP contribution in [0.3, 0.4) is 0 Å². The van der Waals surface area contributed by atoms with E-state index < -0.39 is 12.4 Å². The van der Waals surface area contributed by atoms with Gasteiger partial charge in [-0.2, -0.15) is 0 Å². The van der Waals surface area contributed by atoms with Crippen LogP contribution in [-0.2, 0) is 4.74 Å². The van der Waals surface area contributed by atoms with Gasteiger partial charge in [0.25, 0.3) is 0 Å². The van der Waals surface area contributed by atoms with Crippen molar-refractivity contribution in [3.63, 3.8) is 0 Å². The zero-order chi connectivity index (χ0) is 7.72. The summed E-state index contributed by atoms with van der Waals surface area (Å²) in [4.78, 5) is 0. The van der Waals surface area contributed by atoms with Crippen LogP contribution in [0.15, 0.2) is 0 Å². The third kappa shape index (κ3) is 1.46. The van der Waals surface area contributed by atoms with E-state index in [1.54, 1.807) is 6.92 Å². The monoisotopic (exact) mass is 147 g/mol. The summed E-state index contributed by atoms with van der Waals surface area (Å²) < 4.78 is 4.89. The molecule has 60 valence electrons. The Balaban J connectivity index is 2.49. The molecule has 0 aromatic rings. The molecule has 4 heteroatoms. The smallest absolute Gasteiger partial charge is 0.156 e. The van der Waals surface area contributed by atoms with Gasteiger partial charge in [-0.3, -0.25) is 0 Å². The lowest BCUT2D eigenvalue weighted by atomic mass is 10.0. The van der Waals surface area contributed by atoms with E-state index in [4.69, 9.17) is 15.6 Å². The predicted octanol–water partition coefficient (Wildman–Crippen LogP) is -1.20. The van der Waals surface area contributed by atoms with Crippen LogP contribution in [0.25, 0.3) is 0 Å². The van der Waals surface area contributed by atoms with Crippen molar-refractivity contribution in [2.75, 3.05) is 0 Å². The van der Waals surface area contributed by atoms with Gasteiger partial charge >= 0.3 is 0 Å². The molecule has 0 aromatic carbocycles. The highest BCUT2D eigenvalue weighted by Crippen LogP contribution is 2.16. The third-order valence-corrected chi connectivity index (χ3v) is 1.77. The maximum absolute atomic E-state index is 9.20. The molecule has 0 unspecified atom stereocenters. The largest absolute Gasteiger partial charge is 0.389 e. The second kappa shape index (κ2) is 2.84. The molecule has 0 bridgehead atoms. The first-order chi connectivity index (χ1) is 4.61. The summed E-state index contributed by atoms with van der Waals surface area (Å²) >= 11 is 0. The van der Waals surface area contributed by atoms with Crippen molar-refractivity contribution < 1.29 is 14.9 Å².